The normalized spacial score (nSPS) is 20.3. The van der Waals surface area contributed by atoms with Crippen molar-refractivity contribution < 1.29 is 33.9 Å². The van der Waals surface area contributed by atoms with Crippen molar-refractivity contribution >= 4 is 87.3 Å². The Morgan fingerprint density at radius 1 is 1.45 bits per heavy atom. The second-order valence-electron chi connectivity index (χ2n) is 6.09. The minimum atomic E-state index is -1.32. The summed E-state index contributed by atoms with van der Waals surface area (Å²) in [6, 6.07) is -0.967. The molecule has 2 aliphatic heterocycles. The van der Waals surface area contributed by atoms with Crippen LogP contribution < -0.4 is 11.1 Å². The molecule has 0 unspecified atom stereocenters. The predicted molar refractivity (Wildman–Crippen MR) is 114 cm³/mol. The number of nitrogens with two attached hydrogens (primary N) is 1. The summed E-state index contributed by atoms with van der Waals surface area (Å²) in [5.41, 5.74) is 5.67. The van der Waals surface area contributed by atoms with Crippen LogP contribution in [0.1, 0.15) is 12.6 Å². The van der Waals surface area contributed by atoms with E-state index in [0.717, 1.165) is 16.2 Å². The number of oxime groups is 1. The van der Waals surface area contributed by atoms with Crippen molar-refractivity contribution in [2.75, 3.05) is 25.2 Å². The third-order valence-electron chi connectivity index (χ3n) is 4.15. The molecule has 1 aromatic heterocycles. The summed E-state index contributed by atoms with van der Waals surface area (Å²) in [5, 5.41) is 16.9. The first-order valence-corrected chi connectivity index (χ1v) is 10.3. The average molecular weight is 479 g/mol. The minimum absolute atomic E-state index is 0. The van der Waals surface area contributed by atoms with Gasteiger partial charge in [-0.15, -0.1) is 23.1 Å². The maximum absolute atomic E-state index is 12.7. The number of anilines is 1. The number of ether oxygens (including phenoxy) is 1. The third-order valence-corrected chi connectivity index (χ3v) is 6.16. The predicted octanol–water partition coefficient (Wildman–Crippen LogP) is -1.27. The van der Waals surface area contributed by atoms with E-state index < -0.39 is 35.2 Å². The molecular weight excluding hydrogens is 461 g/mol. The molecule has 4 N–H and O–H groups in total. The quantitative estimate of drug-likeness (QED) is 0.141. The summed E-state index contributed by atoms with van der Waals surface area (Å²) in [6.07, 6.45) is 0. The van der Waals surface area contributed by atoms with Crippen LogP contribution in [0, 0.1) is 0 Å². The number of aromatic nitrogens is 1. The number of carbonyl (C=O) groups is 4. The van der Waals surface area contributed by atoms with E-state index in [9.17, 15) is 24.3 Å². The number of carbonyl (C=O) groups excluding carboxylic acids is 3. The molecule has 1 aromatic rings. The van der Waals surface area contributed by atoms with Crippen molar-refractivity contribution in [1.29, 1.82) is 0 Å². The van der Waals surface area contributed by atoms with Crippen LogP contribution in [0.5, 0.6) is 0 Å². The molecule has 12 nitrogen and oxygen atoms in total. The van der Waals surface area contributed by atoms with E-state index in [-0.39, 0.29) is 64.2 Å². The number of esters is 1. The van der Waals surface area contributed by atoms with Crippen molar-refractivity contribution in [2.24, 2.45) is 5.16 Å². The number of thiazole rings is 1. The Morgan fingerprint density at radius 2 is 2.16 bits per heavy atom. The van der Waals surface area contributed by atoms with Crippen LogP contribution in [-0.4, -0.2) is 105 Å². The van der Waals surface area contributed by atoms with Gasteiger partial charge in [0.15, 0.2) is 10.8 Å². The van der Waals surface area contributed by atoms with Gasteiger partial charge >= 0.3 is 41.5 Å². The average Bonchev–Trinajstić information content (AvgIpc) is 3.13. The Kier molecular flexibility index (Phi) is 8.48. The molecule has 1 fully saturated rings. The number of nitrogens with one attached hydrogen (secondary N) is 1. The van der Waals surface area contributed by atoms with Crippen LogP contribution in [0.4, 0.5) is 5.13 Å². The number of fused-ring (bicyclic) bond motifs is 1. The zero-order valence-corrected chi connectivity index (χ0v) is 17.4. The number of carboxylic acids is 1. The van der Waals surface area contributed by atoms with Gasteiger partial charge in [-0.05, 0) is 0 Å². The van der Waals surface area contributed by atoms with E-state index in [0.29, 0.717) is 5.57 Å². The van der Waals surface area contributed by atoms with Gasteiger partial charge in [0, 0.05) is 23.6 Å². The molecule has 2 atom stereocenters. The first-order valence-electron chi connectivity index (χ1n) is 8.41. The molecule has 0 bridgehead atoms. The number of amides is 2. The molecule has 1 saturated heterocycles. The Morgan fingerprint density at radius 3 is 2.71 bits per heavy atom. The Balaban J connectivity index is 0.00000341. The van der Waals surface area contributed by atoms with E-state index >= 15 is 0 Å². The molecule has 0 spiro atoms. The summed E-state index contributed by atoms with van der Waals surface area (Å²) >= 11 is 2.35. The fraction of sp³-hybridized carbons (Fsp3) is 0.375. The molecule has 2 amide bonds. The molecule has 3 rings (SSSR count). The number of carboxylic acid groups (broad SMARTS) is 1. The zero-order chi connectivity index (χ0) is 22.0. The second-order valence-corrected chi connectivity index (χ2v) is 8.09. The molecule has 0 aromatic carbocycles. The summed E-state index contributed by atoms with van der Waals surface area (Å²) in [5.74, 6) is -2.98. The van der Waals surface area contributed by atoms with Gasteiger partial charge in [-0.2, -0.15) is 0 Å². The van der Waals surface area contributed by atoms with Crippen molar-refractivity contribution in [3.8, 4) is 0 Å². The van der Waals surface area contributed by atoms with Gasteiger partial charge < -0.3 is 25.7 Å². The van der Waals surface area contributed by atoms with Gasteiger partial charge in [0.1, 0.15) is 36.5 Å². The standard InChI is InChI=1S/C16H17N5O7S2.Na.H/c1-6(22)28-3-7-4-29-14-10(13(24)21(14)11(7)15(25)26)19-12(23)9(20-27-2)8-5-30-16(17)18-8;;/h5,10,14H,3-4H2,1-2H3,(H2,17,18)(H,19,23)(H,25,26);;/b20-9-;;/t10-,14-;;/m1../s1. The molecule has 3 heterocycles. The topological polar surface area (TPSA) is 174 Å². The van der Waals surface area contributed by atoms with Crippen molar-refractivity contribution in [2.45, 2.75) is 18.3 Å². The fourth-order valence-corrected chi connectivity index (χ4v) is 4.76. The summed E-state index contributed by atoms with van der Waals surface area (Å²) in [4.78, 5) is 57.8. The van der Waals surface area contributed by atoms with Crippen LogP contribution >= 0.6 is 23.1 Å². The molecule has 15 heteroatoms. The van der Waals surface area contributed by atoms with Gasteiger partial charge in [-0.3, -0.25) is 19.3 Å². The van der Waals surface area contributed by atoms with Crippen molar-refractivity contribution in [3.05, 3.63) is 22.3 Å². The Hall–Kier alpha value is -2.13. The Labute approximate surface area is 206 Å². The second kappa shape index (κ2) is 10.5. The van der Waals surface area contributed by atoms with Crippen LogP contribution in [0.3, 0.4) is 0 Å². The van der Waals surface area contributed by atoms with E-state index in [1.165, 1.54) is 31.2 Å². The van der Waals surface area contributed by atoms with E-state index in [2.05, 4.69) is 20.3 Å². The number of hydrogen-bond acceptors (Lipinski definition) is 11. The number of aliphatic carboxylic acids is 1. The number of nitrogen functional groups attached to an aromatic ring is 1. The summed E-state index contributed by atoms with van der Waals surface area (Å²) in [7, 11) is 1.25. The Bertz CT molecular complexity index is 979. The number of thioether (sulfide) groups is 1. The van der Waals surface area contributed by atoms with Gasteiger partial charge in [0.25, 0.3) is 11.8 Å². The molecule has 0 saturated carbocycles. The summed E-state index contributed by atoms with van der Waals surface area (Å²) < 4.78 is 4.88. The van der Waals surface area contributed by atoms with Crippen LogP contribution in [0.25, 0.3) is 0 Å². The van der Waals surface area contributed by atoms with E-state index in [1.807, 2.05) is 0 Å². The van der Waals surface area contributed by atoms with Crippen molar-refractivity contribution in [3.63, 3.8) is 0 Å². The first kappa shape index (κ1) is 25.1. The number of rotatable bonds is 7. The zero-order valence-electron chi connectivity index (χ0n) is 15.8. The van der Waals surface area contributed by atoms with Crippen LogP contribution in [0.15, 0.2) is 21.8 Å². The van der Waals surface area contributed by atoms with Gasteiger partial charge in [-0.25, -0.2) is 9.78 Å². The fourth-order valence-electron chi connectivity index (χ4n) is 2.88. The molecule has 0 aliphatic carbocycles. The van der Waals surface area contributed by atoms with E-state index in [1.54, 1.807) is 0 Å². The first-order chi connectivity index (χ1) is 14.2. The SMILES string of the molecule is CO/N=C(\C(=O)N[C@@H]1C(=O)N2C(C(=O)O)=C(COC(C)=O)CS[C@H]12)c1csc(N)n1.[NaH]. The van der Waals surface area contributed by atoms with Crippen molar-refractivity contribution in [1.82, 2.24) is 15.2 Å². The number of β-lactam (4-membered cyclic amide) rings is 1. The molecule has 0 radical (unpaired) electrons. The molecule has 31 heavy (non-hydrogen) atoms. The van der Waals surface area contributed by atoms with Crippen LogP contribution in [0.2, 0.25) is 0 Å². The number of hydrogen-bond donors (Lipinski definition) is 3. The molecule has 2 aliphatic rings. The van der Waals surface area contributed by atoms with Crippen LogP contribution in [-0.2, 0) is 28.8 Å². The van der Waals surface area contributed by atoms with Gasteiger partial charge in [-0.1, -0.05) is 5.16 Å². The number of nitrogens with zero attached hydrogens (tertiary/aromatic N) is 3. The van der Waals surface area contributed by atoms with Gasteiger partial charge in [0.05, 0.1) is 0 Å². The maximum atomic E-state index is 12.7. The van der Waals surface area contributed by atoms with Gasteiger partial charge in [0.2, 0.25) is 0 Å². The molecular formula is C16H18N5NaO7S2. The summed E-state index contributed by atoms with van der Waals surface area (Å²) in [6.45, 7) is 0.975. The third kappa shape index (κ3) is 5.20. The van der Waals surface area contributed by atoms with E-state index in [4.69, 9.17) is 10.5 Å². The monoisotopic (exact) mass is 479 g/mol. The molecule has 162 valence electrons.